The Hall–Kier alpha value is -2.08. The number of anilines is 1. The average Bonchev–Trinajstić information content (AvgIpc) is 2.93. The van der Waals surface area contributed by atoms with Gasteiger partial charge in [-0.3, -0.25) is 4.79 Å². The number of hydrogen-bond donors (Lipinski definition) is 1. The summed E-state index contributed by atoms with van der Waals surface area (Å²) in [4.78, 5) is 12.6. The summed E-state index contributed by atoms with van der Waals surface area (Å²) in [7, 11) is 0. The molecule has 1 aliphatic heterocycles. The second kappa shape index (κ2) is 8.11. The largest absolute Gasteiger partial charge is 0.322 e. The number of nitrogens with zero attached hydrogens (tertiary/aromatic N) is 3. The first-order valence-corrected chi connectivity index (χ1v) is 10.2. The van der Waals surface area contributed by atoms with Gasteiger partial charge in [0.1, 0.15) is 5.82 Å². The number of fused-ring (bicyclic) bond motifs is 1. The molecule has 144 valence electrons. The van der Waals surface area contributed by atoms with E-state index in [1.807, 2.05) is 0 Å². The number of carbonyl (C=O) groups is 1. The van der Waals surface area contributed by atoms with E-state index in [0.29, 0.717) is 21.3 Å². The van der Waals surface area contributed by atoms with E-state index < -0.39 is 0 Å². The number of aromatic nitrogens is 3. The molecule has 3 aromatic rings. The van der Waals surface area contributed by atoms with E-state index in [4.69, 9.17) is 34.8 Å². The summed E-state index contributed by atoms with van der Waals surface area (Å²) in [5.74, 6) is 1.35. The molecule has 0 radical (unpaired) electrons. The Labute approximate surface area is 177 Å². The van der Waals surface area contributed by atoms with Crippen LogP contribution in [0.3, 0.4) is 0 Å². The molecule has 1 N–H and O–H groups in total. The lowest BCUT2D eigenvalue weighted by molar-refractivity contribution is 0.102. The SMILES string of the molecule is O=C(Nc1ccc(Cl)c(-c2nnc3n2CCCCC3)c1)c1cccc(Cl)c1Cl. The van der Waals surface area contributed by atoms with Crippen LogP contribution >= 0.6 is 34.8 Å². The third-order valence-corrected chi connectivity index (χ3v) is 5.92. The normalized spacial score (nSPS) is 13.7. The van der Waals surface area contributed by atoms with Crippen LogP contribution in [0, 0.1) is 0 Å². The smallest absolute Gasteiger partial charge is 0.257 e. The molecule has 4 rings (SSSR count). The summed E-state index contributed by atoms with van der Waals surface area (Å²) in [6, 6.07) is 10.2. The maximum atomic E-state index is 12.6. The molecule has 8 heteroatoms. The fourth-order valence-corrected chi connectivity index (χ4v) is 3.92. The fourth-order valence-electron chi connectivity index (χ4n) is 3.34. The van der Waals surface area contributed by atoms with Gasteiger partial charge in [-0.15, -0.1) is 10.2 Å². The van der Waals surface area contributed by atoms with E-state index in [1.54, 1.807) is 36.4 Å². The molecule has 2 heterocycles. The summed E-state index contributed by atoms with van der Waals surface area (Å²) in [5.41, 5.74) is 1.63. The monoisotopic (exact) mass is 434 g/mol. The van der Waals surface area contributed by atoms with Crippen LogP contribution in [0.5, 0.6) is 0 Å². The summed E-state index contributed by atoms with van der Waals surface area (Å²) < 4.78 is 2.12. The molecular formula is C20H17Cl3N4O. The van der Waals surface area contributed by atoms with Crippen molar-refractivity contribution >= 4 is 46.4 Å². The van der Waals surface area contributed by atoms with Gasteiger partial charge in [-0.2, -0.15) is 0 Å². The van der Waals surface area contributed by atoms with Crippen molar-refractivity contribution in [1.29, 1.82) is 0 Å². The predicted octanol–water partition coefficient (Wildman–Crippen LogP) is 5.88. The first-order valence-electron chi connectivity index (χ1n) is 9.02. The molecule has 0 atom stereocenters. The number of hydrogen-bond acceptors (Lipinski definition) is 3. The van der Waals surface area contributed by atoms with Crippen LogP contribution in [-0.4, -0.2) is 20.7 Å². The molecule has 1 aliphatic rings. The fraction of sp³-hybridized carbons (Fsp3) is 0.250. The Kier molecular flexibility index (Phi) is 5.58. The first kappa shape index (κ1) is 19.2. The minimum Gasteiger partial charge on any atom is -0.322 e. The van der Waals surface area contributed by atoms with Crippen LogP contribution in [0.1, 0.15) is 35.4 Å². The highest BCUT2D eigenvalue weighted by Gasteiger charge is 2.19. The van der Waals surface area contributed by atoms with Gasteiger partial charge in [0.15, 0.2) is 5.82 Å². The molecule has 0 saturated carbocycles. The highest BCUT2D eigenvalue weighted by molar-refractivity contribution is 6.44. The van der Waals surface area contributed by atoms with Crippen LogP contribution in [0.4, 0.5) is 5.69 Å². The van der Waals surface area contributed by atoms with Crippen molar-refractivity contribution in [2.24, 2.45) is 0 Å². The highest BCUT2D eigenvalue weighted by atomic mass is 35.5. The zero-order valence-corrected chi connectivity index (χ0v) is 17.2. The van der Waals surface area contributed by atoms with E-state index in [-0.39, 0.29) is 10.9 Å². The third kappa shape index (κ3) is 3.75. The topological polar surface area (TPSA) is 59.8 Å². The van der Waals surface area contributed by atoms with Crippen LogP contribution in [0.25, 0.3) is 11.4 Å². The Morgan fingerprint density at radius 2 is 1.86 bits per heavy atom. The lowest BCUT2D eigenvalue weighted by Gasteiger charge is -2.12. The summed E-state index contributed by atoms with van der Waals surface area (Å²) in [6.07, 6.45) is 4.28. The number of rotatable bonds is 3. The minimum absolute atomic E-state index is 0.221. The molecule has 1 amide bonds. The standard InChI is InChI=1S/C20H17Cl3N4O/c21-15-9-8-12(24-20(28)13-5-4-6-16(22)18(13)23)11-14(15)19-26-25-17-7-2-1-3-10-27(17)19/h4-6,8-9,11H,1-3,7,10H2,(H,24,28). The van der Waals surface area contributed by atoms with Crippen LogP contribution < -0.4 is 5.32 Å². The van der Waals surface area contributed by atoms with Gasteiger partial charge in [0.2, 0.25) is 0 Å². The van der Waals surface area contributed by atoms with Gasteiger partial charge < -0.3 is 9.88 Å². The molecule has 0 saturated heterocycles. The van der Waals surface area contributed by atoms with Crippen LogP contribution in [0.15, 0.2) is 36.4 Å². The number of aryl methyl sites for hydroxylation is 1. The van der Waals surface area contributed by atoms with Crippen LogP contribution in [0.2, 0.25) is 15.1 Å². The average molecular weight is 436 g/mol. The maximum Gasteiger partial charge on any atom is 0.257 e. The zero-order valence-electron chi connectivity index (χ0n) is 14.9. The molecule has 28 heavy (non-hydrogen) atoms. The molecule has 0 unspecified atom stereocenters. The Balaban J connectivity index is 1.66. The lowest BCUT2D eigenvalue weighted by Crippen LogP contribution is -2.12. The second-order valence-electron chi connectivity index (χ2n) is 6.65. The van der Waals surface area contributed by atoms with Gasteiger partial charge >= 0.3 is 0 Å². The van der Waals surface area contributed by atoms with E-state index in [2.05, 4.69) is 20.1 Å². The lowest BCUT2D eigenvalue weighted by atomic mass is 10.1. The number of nitrogens with one attached hydrogen (secondary N) is 1. The number of carbonyl (C=O) groups excluding carboxylic acids is 1. The third-order valence-electron chi connectivity index (χ3n) is 4.77. The van der Waals surface area contributed by atoms with Crippen molar-refractivity contribution in [1.82, 2.24) is 14.8 Å². The van der Waals surface area contributed by atoms with E-state index in [0.717, 1.165) is 43.0 Å². The summed E-state index contributed by atoms with van der Waals surface area (Å²) in [6.45, 7) is 0.864. The molecule has 0 bridgehead atoms. The Bertz CT molecular complexity index is 1050. The van der Waals surface area contributed by atoms with Crippen molar-refractivity contribution in [3.63, 3.8) is 0 Å². The van der Waals surface area contributed by atoms with Crippen LogP contribution in [-0.2, 0) is 13.0 Å². The minimum atomic E-state index is -0.346. The second-order valence-corrected chi connectivity index (χ2v) is 7.84. The van der Waals surface area contributed by atoms with Gasteiger partial charge in [0.25, 0.3) is 5.91 Å². The number of benzene rings is 2. The highest BCUT2D eigenvalue weighted by Crippen LogP contribution is 2.32. The zero-order chi connectivity index (χ0) is 19.7. The van der Waals surface area contributed by atoms with Gasteiger partial charge in [0, 0.05) is 24.2 Å². The molecule has 0 spiro atoms. The van der Waals surface area contributed by atoms with Gasteiger partial charge in [-0.1, -0.05) is 47.3 Å². The maximum absolute atomic E-state index is 12.6. The van der Waals surface area contributed by atoms with Crippen molar-refractivity contribution in [3.05, 3.63) is 62.9 Å². The van der Waals surface area contributed by atoms with E-state index in [1.165, 1.54) is 6.42 Å². The van der Waals surface area contributed by atoms with E-state index in [9.17, 15) is 4.79 Å². The quantitative estimate of drug-likeness (QED) is 0.558. The van der Waals surface area contributed by atoms with Crippen molar-refractivity contribution in [2.75, 3.05) is 5.32 Å². The van der Waals surface area contributed by atoms with Crippen molar-refractivity contribution < 1.29 is 4.79 Å². The molecule has 1 aromatic heterocycles. The molecule has 0 fully saturated rings. The summed E-state index contributed by atoms with van der Waals surface area (Å²) in [5, 5.41) is 12.6. The molecule has 2 aromatic carbocycles. The number of halogens is 3. The summed E-state index contributed by atoms with van der Waals surface area (Å²) >= 11 is 18.6. The van der Waals surface area contributed by atoms with Gasteiger partial charge in [-0.25, -0.2) is 0 Å². The van der Waals surface area contributed by atoms with Gasteiger partial charge in [0.05, 0.1) is 20.6 Å². The first-order chi connectivity index (χ1) is 13.5. The molecule has 5 nitrogen and oxygen atoms in total. The predicted molar refractivity (Wildman–Crippen MR) is 112 cm³/mol. The Morgan fingerprint density at radius 3 is 2.71 bits per heavy atom. The van der Waals surface area contributed by atoms with Crippen molar-refractivity contribution in [3.8, 4) is 11.4 Å². The Morgan fingerprint density at radius 1 is 1.00 bits per heavy atom. The van der Waals surface area contributed by atoms with Crippen molar-refractivity contribution in [2.45, 2.75) is 32.2 Å². The van der Waals surface area contributed by atoms with E-state index >= 15 is 0 Å². The number of amides is 1. The molecular weight excluding hydrogens is 419 g/mol. The molecule has 0 aliphatic carbocycles. The van der Waals surface area contributed by atoms with Gasteiger partial charge in [-0.05, 0) is 43.2 Å².